The molecule has 0 aliphatic heterocycles. The van der Waals surface area contributed by atoms with Crippen molar-refractivity contribution >= 4 is 0 Å². The predicted molar refractivity (Wildman–Crippen MR) is 59.9 cm³/mol. The highest BCUT2D eigenvalue weighted by molar-refractivity contribution is 5.63. The zero-order valence-electron chi connectivity index (χ0n) is 8.67. The summed E-state index contributed by atoms with van der Waals surface area (Å²) in [6, 6.07) is 0. The van der Waals surface area contributed by atoms with E-state index in [1.54, 1.807) is 11.1 Å². The monoisotopic (exact) mass is 182 g/mol. The highest BCUT2D eigenvalue weighted by atomic mass is 14.4. The molecule has 0 saturated heterocycles. The summed E-state index contributed by atoms with van der Waals surface area (Å²) in [7, 11) is 0. The first kappa shape index (κ1) is 8.05. The van der Waals surface area contributed by atoms with Gasteiger partial charge in [0.2, 0.25) is 0 Å². The second-order valence-corrected chi connectivity index (χ2v) is 4.48. The third-order valence-corrected chi connectivity index (χ3v) is 3.39. The maximum atomic E-state index is 2.31. The molecule has 70 valence electrons. The fourth-order valence-corrected chi connectivity index (χ4v) is 2.70. The Labute approximate surface area is 85.0 Å². The molecule has 0 aromatic rings. The van der Waals surface area contributed by atoms with E-state index in [1.165, 1.54) is 23.1 Å². The van der Waals surface area contributed by atoms with E-state index in [0.717, 1.165) is 0 Å². The molecule has 0 amide bonds. The number of fused-ring (bicyclic) bond motifs is 5. The van der Waals surface area contributed by atoms with Crippen molar-refractivity contribution < 1.29 is 0 Å². The topological polar surface area (TPSA) is 0 Å². The van der Waals surface area contributed by atoms with Gasteiger partial charge in [0.15, 0.2) is 0 Å². The molecule has 3 aliphatic carbocycles. The maximum Gasteiger partial charge on any atom is 0.0307 e. The molecule has 0 heteroatoms. The lowest BCUT2D eigenvalue weighted by atomic mass is 9.82. The molecule has 0 heterocycles. The van der Waals surface area contributed by atoms with E-state index in [1.807, 2.05) is 0 Å². The summed E-state index contributed by atoms with van der Waals surface area (Å²) < 4.78 is 0. The van der Waals surface area contributed by atoms with Crippen LogP contribution in [0.15, 0.2) is 58.2 Å². The van der Waals surface area contributed by atoms with Gasteiger partial charge in [-0.3, -0.25) is 0 Å². The molecule has 1 unspecified atom stereocenters. The highest BCUT2D eigenvalue weighted by Gasteiger charge is 2.35. The molecule has 0 aromatic heterocycles. The van der Waals surface area contributed by atoms with Crippen molar-refractivity contribution in [3.63, 3.8) is 0 Å². The van der Waals surface area contributed by atoms with Crippen LogP contribution in [0.2, 0.25) is 0 Å². The SMILES string of the molecule is CC(C)=C1C=CC=C2C3=CC=C(C3)C21. The summed E-state index contributed by atoms with van der Waals surface area (Å²) in [4.78, 5) is 0. The number of hydrogen-bond donors (Lipinski definition) is 0. The summed E-state index contributed by atoms with van der Waals surface area (Å²) >= 11 is 0. The zero-order valence-corrected chi connectivity index (χ0v) is 8.67. The molecule has 0 nitrogen and oxygen atoms in total. The Kier molecular flexibility index (Phi) is 1.49. The van der Waals surface area contributed by atoms with Gasteiger partial charge in [-0.2, -0.15) is 0 Å². The number of rotatable bonds is 0. The van der Waals surface area contributed by atoms with Crippen LogP contribution in [0.3, 0.4) is 0 Å². The van der Waals surface area contributed by atoms with Crippen molar-refractivity contribution in [2.24, 2.45) is 5.92 Å². The van der Waals surface area contributed by atoms with Crippen molar-refractivity contribution in [3.05, 3.63) is 58.2 Å². The van der Waals surface area contributed by atoms with Gasteiger partial charge in [0.25, 0.3) is 0 Å². The van der Waals surface area contributed by atoms with E-state index in [9.17, 15) is 0 Å². The molecule has 14 heavy (non-hydrogen) atoms. The first-order valence-corrected chi connectivity index (χ1v) is 5.23. The van der Waals surface area contributed by atoms with Gasteiger partial charge < -0.3 is 0 Å². The minimum atomic E-state index is 0.602. The van der Waals surface area contributed by atoms with Crippen LogP contribution in [0.4, 0.5) is 0 Å². The lowest BCUT2D eigenvalue weighted by Gasteiger charge is -2.22. The van der Waals surface area contributed by atoms with Crippen LogP contribution in [-0.4, -0.2) is 0 Å². The van der Waals surface area contributed by atoms with Crippen LogP contribution in [0, 0.1) is 5.92 Å². The van der Waals surface area contributed by atoms with E-state index in [0.29, 0.717) is 5.92 Å². The highest BCUT2D eigenvalue weighted by Crippen LogP contribution is 2.50. The molecule has 3 rings (SSSR count). The van der Waals surface area contributed by atoms with E-state index in [2.05, 4.69) is 44.2 Å². The van der Waals surface area contributed by atoms with E-state index >= 15 is 0 Å². The summed E-state index contributed by atoms with van der Waals surface area (Å²) in [6.07, 6.45) is 12.5. The first-order chi connectivity index (χ1) is 6.77. The standard InChI is InChI=1S/C14H14/c1-9(2)12-4-3-5-13-10-6-7-11(8-10)14(12)13/h3-7,14H,8H2,1-2H3. The second-order valence-electron chi connectivity index (χ2n) is 4.48. The quantitative estimate of drug-likeness (QED) is 0.535. The Hall–Kier alpha value is -1.30. The first-order valence-electron chi connectivity index (χ1n) is 5.23. The molecule has 3 aliphatic rings. The third kappa shape index (κ3) is 0.886. The Morgan fingerprint density at radius 3 is 2.86 bits per heavy atom. The Morgan fingerprint density at radius 2 is 2.07 bits per heavy atom. The van der Waals surface area contributed by atoms with Gasteiger partial charge in [0, 0.05) is 5.92 Å². The van der Waals surface area contributed by atoms with Crippen LogP contribution >= 0.6 is 0 Å². The van der Waals surface area contributed by atoms with Gasteiger partial charge in [0.1, 0.15) is 0 Å². The molecule has 0 N–H and O–H groups in total. The van der Waals surface area contributed by atoms with Crippen LogP contribution in [0.25, 0.3) is 0 Å². The normalized spacial score (nSPS) is 27.1. The maximum absolute atomic E-state index is 2.31. The van der Waals surface area contributed by atoms with Gasteiger partial charge >= 0.3 is 0 Å². The smallest absolute Gasteiger partial charge is 0.0307 e. The van der Waals surface area contributed by atoms with Crippen molar-refractivity contribution in [2.75, 3.05) is 0 Å². The Bertz CT molecular complexity index is 446. The minimum absolute atomic E-state index is 0.602. The van der Waals surface area contributed by atoms with Gasteiger partial charge in [-0.05, 0) is 37.0 Å². The summed E-state index contributed by atoms with van der Waals surface area (Å²) in [5.41, 5.74) is 7.63. The lowest BCUT2D eigenvalue weighted by Crippen LogP contribution is -2.08. The second kappa shape index (κ2) is 2.60. The summed E-state index contributed by atoms with van der Waals surface area (Å²) in [6.45, 7) is 4.42. The molecule has 2 bridgehead atoms. The van der Waals surface area contributed by atoms with Gasteiger partial charge in [-0.25, -0.2) is 0 Å². The third-order valence-electron chi connectivity index (χ3n) is 3.39. The van der Waals surface area contributed by atoms with E-state index < -0.39 is 0 Å². The van der Waals surface area contributed by atoms with E-state index in [-0.39, 0.29) is 0 Å². The summed E-state index contributed by atoms with van der Waals surface area (Å²) in [5, 5.41) is 0. The van der Waals surface area contributed by atoms with Crippen molar-refractivity contribution in [3.8, 4) is 0 Å². The van der Waals surface area contributed by atoms with Crippen molar-refractivity contribution in [2.45, 2.75) is 20.3 Å². The molecule has 1 saturated carbocycles. The molecule has 0 spiro atoms. The fourth-order valence-electron chi connectivity index (χ4n) is 2.70. The van der Waals surface area contributed by atoms with Crippen LogP contribution < -0.4 is 0 Å². The number of hydrogen-bond acceptors (Lipinski definition) is 0. The molecular weight excluding hydrogens is 168 g/mol. The Morgan fingerprint density at radius 1 is 1.21 bits per heavy atom. The Balaban J connectivity index is 2.17. The van der Waals surface area contributed by atoms with Crippen LogP contribution in [-0.2, 0) is 0 Å². The lowest BCUT2D eigenvalue weighted by molar-refractivity contribution is 0.888. The van der Waals surface area contributed by atoms with Gasteiger partial charge in [-0.15, -0.1) is 0 Å². The largest absolute Gasteiger partial charge is 0.0723 e. The fraction of sp³-hybridized carbons (Fsp3) is 0.286. The van der Waals surface area contributed by atoms with Crippen molar-refractivity contribution in [1.82, 2.24) is 0 Å². The van der Waals surface area contributed by atoms with Crippen LogP contribution in [0.1, 0.15) is 20.3 Å². The molecule has 1 fully saturated rings. The summed E-state index contributed by atoms with van der Waals surface area (Å²) in [5.74, 6) is 0.602. The number of allylic oxidation sites excluding steroid dienone is 10. The predicted octanol–water partition coefficient (Wildman–Crippen LogP) is 3.71. The van der Waals surface area contributed by atoms with Crippen molar-refractivity contribution in [1.29, 1.82) is 0 Å². The molecule has 0 aromatic carbocycles. The van der Waals surface area contributed by atoms with Gasteiger partial charge in [0.05, 0.1) is 0 Å². The average Bonchev–Trinajstić information content (AvgIpc) is 2.77. The minimum Gasteiger partial charge on any atom is -0.0723 e. The van der Waals surface area contributed by atoms with Gasteiger partial charge in [-0.1, -0.05) is 41.5 Å². The molecular formula is C14H14. The zero-order chi connectivity index (χ0) is 9.71. The molecule has 0 radical (unpaired) electrons. The molecule has 1 atom stereocenters. The van der Waals surface area contributed by atoms with E-state index in [4.69, 9.17) is 0 Å². The average molecular weight is 182 g/mol. The van der Waals surface area contributed by atoms with Crippen LogP contribution in [0.5, 0.6) is 0 Å².